The van der Waals surface area contributed by atoms with Crippen LogP contribution in [0.25, 0.3) is 0 Å². The summed E-state index contributed by atoms with van der Waals surface area (Å²) >= 11 is 0. The van der Waals surface area contributed by atoms with E-state index in [1.165, 1.54) is 12.8 Å². The van der Waals surface area contributed by atoms with Gasteiger partial charge in [0.1, 0.15) is 0 Å². The van der Waals surface area contributed by atoms with Crippen molar-refractivity contribution in [3.8, 4) is 0 Å². The predicted molar refractivity (Wildman–Crippen MR) is 75.1 cm³/mol. The predicted octanol–water partition coefficient (Wildman–Crippen LogP) is 2.86. The van der Waals surface area contributed by atoms with Gasteiger partial charge in [0.05, 0.1) is 12.5 Å². The van der Waals surface area contributed by atoms with Crippen molar-refractivity contribution in [3.05, 3.63) is 30.3 Å². The van der Waals surface area contributed by atoms with E-state index in [2.05, 4.69) is 0 Å². The van der Waals surface area contributed by atoms with Gasteiger partial charge in [-0.15, -0.1) is 0 Å². The average Bonchev–Trinajstić information content (AvgIpc) is 3.30. The molecule has 3 heteroatoms. The van der Waals surface area contributed by atoms with Crippen LogP contribution in [0.1, 0.15) is 25.7 Å². The monoisotopic (exact) mass is 259 g/mol. The van der Waals surface area contributed by atoms with E-state index in [1.807, 2.05) is 35.2 Å². The summed E-state index contributed by atoms with van der Waals surface area (Å²) in [5.74, 6) is 0.999. The molecule has 3 nitrogen and oxygen atoms in total. The van der Waals surface area contributed by atoms with E-state index in [0.717, 1.165) is 31.7 Å². The number of carbonyl (C=O) groups is 1. The average molecular weight is 259 g/mol. The molecule has 19 heavy (non-hydrogen) atoms. The molecule has 0 radical (unpaired) electrons. The molecular formula is C16H21NO2. The first-order valence-electron chi connectivity index (χ1n) is 7.29. The van der Waals surface area contributed by atoms with Crippen LogP contribution in [0.15, 0.2) is 30.3 Å². The second-order valence-corrected chi connectivity index (χ2v) is 5.64. The SMILES string of the molecule is O=C(C1CCCOC1)N(CC1CC1)c1ccccc1. The minimum atomic E-state index is 0.0488. The van der Waals surface area contributed by atoms with Crippen LogP contribution in [0, 0.1) is 11.8 Å². The second kappa shape index (κ2) is 5.74. The summed E-state index contributed by atoms with van der Waals surface area (Å²) in [4.78, 5) is 14.7. The van der Waals surface area contributed by atoms with E-state index in [1.54, 1.807) is 0 Å². The number of para-hydroxylation sites is 1. The maximum atomic E-state index is 12.7. The molecule has 0 bridgehead atoms. The fraction of sp³-hybridized carbons (Fsp3) is 0.562. The van der Waals surface area contributed by atoms with Crippen molar-refractivity contribution < 1.29 is 9.53 Å². The third-order valence-corrected chi connectivity index (χ3v) is 3.98. The molecule has 0 N–H and O–H groups in total. The molecule has 0 aromatic heterocycles. The van der Waals surface area contributed by atoms with Gasteiger partial charge in [-0.3, -0.25) is 4.79 Å². The van der Waals surface area contributed by atoms with Gasteiger partial charge in [0.15, 0.2) is 0 Å². The van der Waals surface area contributed by atoms with Gasteiger partial charge in [-0.25, -0.2) is 0 Å². The normalized spacial score (nSPS) is 23.1. The molecule has 0 spiro atoms. The molecule has 102 valence electrons. The van der Waals surface area contributed by atoms with E-state index in [4.69, 9.17) is 4.74 Å². The number of nitrogens with zero attached hydrogens (tertiary/aromatic N) is 1. The molecule has 1 aromatic rings. The minimum Gasteiger partial charge on any atom is -0.381 e. The molecule has 1 heterocycles. The summed E-state index contributed by atoms with van der Waals surface area (Å²) in [6.07, 6.45) is 4.49. The quantitative estimate of drug-likeness (QED) is 0.832. The van der Waals surface area contributed by atoms with Crippen molar-refractivity contribution in [3.63, 3.8) is 0 Å². The Bertz CT molecular complexity index is 422. The molecule has 3 rings (SSSR count). The lowest BCUT2D eigenvalue weighted by atomic mass is 10.00. The Morgan fingerprint density at radius 1 is 1.21 bits per heavy atom. The summed E-state index contributed by atoms with van der Waals surface area (Å²) in [6.45, 7) is 2.27. The number of hydrogen-bond acceptors (Lipinski definition) is 2. The molecular weight excluding hydrogens is 238 g/mol. The van der Waals surface area contributed by atoms with Crippen LogP contribution in [0.2, 0.25) is 0 Å². The van der Waals surface area contributed by atoms with E-state index in [0.29, 0.717) is 12.5 Å². The molecule has 1 amide bonds. The smallest absolute Gasteiger partial charge is 0.232 e. The largest absolute Gasteiger partial charge is 0.381 e. The van der Waals surface area contributed by atoms with Crippen LogP contribution in [0.3, 0.4) is 0 Å². The van der Waals surface area contributed by atoms with E-state index in [-0.39, 0.29) is 11.8 Å². The molecule has 1 saturated heterocycles. The van der Waals surface area contributed by atoms with Crippen molar-refractivity contribution >= 4 is 11.6 Å². The maximum Gasteiger partial charge on any atom is 0.232 e. The Hall–Kier alpha value is -1.35. The second-order valence-electron chi connectivity index (χ2n) is 5.64. The topological polar surface area (TPSA) is 29.5 Å². The first kappa shape index (κ1) is 12.7. The molecule has 1 unspecified atom stereocenters. The summed E-state index contributed by atoms with van der Waals surface area (Å²) in [6, 6.07) is 10.1. The number of amides is 1. The van der Waals surface area contributed by atoms with Crippen LogP contribution < -0.4 is 4.90 Å². The highest BCUT2D eigenvalue weighted by Crippen LogP contribution is 2.32. The fourth-order valence-electron chi connectivity index (χ4n) is 2.65. The number of rotatable bonds is 4. The molecule has 1 aliphatic carbocycles. The third-order valence-electron chi connectivity index (χ3n) is 3.98. The van der Waals surface area contributed by atoms with Gasteiger partial charge in [-0.2, -0.15) is 0 Å². The zero-order chi connectivity index (χ0) is 13.1. The standard InChI is InChI=1S/C16H21NO2/c18-16(14-5-4-10-19-12-14)17(11-13-8-9-13)15-6-2-1-3-7-15/h1-3,6-7,13-14H,4-5,8-12H2. The third kappa shape index (κ3) is 3.16. The van der Waals surface area contributed by atoms with Crippen LogP contribution in [-0.2, 0) is 9.53 Å². The zero-order valence-corrected chi connectivity index (χ0v) is 11.3. The molecule has 1 saturated carbocycles. The highest BCUT2D eigenvalue weighted by atomic mass is 16.5. The van der Waals surface area contributed by atoms with Gasteiger partial charge >= 0.3 is 0 Å². The van der Waals surface area contributed by atoms with Crippen molar-refractivity contribution in [2.45, 2.75) is 25.7 Å². The van der Waals surface area contributed by atoms with Gasteiger partial charge in [-0.1, -0.05) is 18.2 Å². The van der Waals surface area contributed by atoms with Crippen LogP contribution in [0.5, 0.6) is 0 Å². The Labute approximate surface area is 114 Å². The van der Waals surface area contributed by atoms with Crippen LogP contribution in [-0.4, -0.2) is 25.7 Å². The van der Waals surface area contributed by atoms with E-state index in [9.17, 15) is 4.79 Å². The Morgan fingerprint density at radius 3 is 2.63 bits per heavy atom. The van der Waals surface area contributed by atoms with Gasteiger partial charge in [-0.05, 0) is 43.7 Å². The minimum absolute atomic E-state index is 0.0488. The van der Waals surface area contributed by atoms with Gasteiger partial charge in [0.2, 0.25) is 5.91 Å². The Balaban J connectivity index is 1.75. The van der Waals surface area contributed by atoms with Crippen LogP contribution in [0.4, 0.5) is 5.69 Å². The first-order valence-corrected chi connectivity index (χ1v) is 7.29. The van der Waals surface area contributed by atoms with E-state index >= 15 is 0 Å². The molecule has 2 aliphatic rings. The molecule has 1 aliphatic heterocycles. The van der Waals surface area contributed by atoms with Crippen molar-refractivity contribution in [1.29, 1.82) is 0 Å². The van der Waals surface area contributed by atoms with Crippen molar-refractivity contribution in [2.24, 2.45) is 11.8 Å². The summed E-state index contributed by atoms with van der Waals surface area (Å²) in [5.41, 5.74) is 1.03. The number of benzene rings is 1. The summed E-state index contributed by atoms with van der Waals surface area (Å²) < 4.78 is 5.46. The fourth-order valence-corrected chi connectivity index (χ4v) is 2.65. The number of hydrogen-bond donors (Lipinski definition) is 0. The van der Waals surface area contributed by atoms with Gasteiger partial charge in [0.25, 0.3) is 0 Å². The summed E-state index contributed by atoms with van der Waals surface area (Å²) in [5, 5.41) is 0. The highest BCUT2D eigenvalue weighted by Gasteiger charge is 2.32. The lowest BCUT2D eigenvalue weighted by molar-refractivity contribution is -0.126. The molecule has 1 aromatic carbocycles. The van der Waals surface area contributed by atoms with E-state index < -0.39 is 0 Å². The number of carbonyl (C=O) groups excluding carboxylic acids is 1. The van der Waals surface area contributed by atoms with Crippen molar-refractivity contribution in [1.82, 2.24) is 0 Å². The van der Waals surface area contributed by atoms with Gasteiger partial charge < -0.3 is 9.64 Å². The Morgan fingerprint density at radius 2 is 2.00 bits per heavy atom. The van der Waals surface area contributed by atoms with Crippen molar-refractivity contribution in [2.75, 3.05) is 24.7 Å². The van der Waals surface area contributed by atoms with Gasteiger partial charge in [0, 0.05) is 18.8 Å². The lowest BCUT2D eigenvalue weighted by Crippen LogP contribution is -2.40. The number of anilines is 1. The number of ether oxygens (including phenoxy) is 1. The van der Waals surface area contributed by atoms with Crippen LogP contribution >= 0.6 is 0 Å². The molecule has 2 fully saturated rings. The lowest BCUT2D eigenvalue weighted by Gasteiger charge is -2.29. The summed E-state index contributed by atoms with van der Waals surface area (Å²) in [7, 11) is 0. The highest BCUT2D eigenvalue weighted by molar-refractivity contribution is 5.95. The zero-order valence-electron chi connectivity index (χ0n) is 11.3. The Kier molecular flexibility index (Phi) is 3.83. The maximum absolute atomic E-state index is 12.7. The first-order chi connectivity index (χ1) is 9.34. The molecule has 1 atom stereocenters.